The number of para-hydroxylation sites is 2. The summed E-state index contributed by atoms with van der Waals surface area (Å²) >= 11 is 5.92. The van der Waals surface area contributed by atoms with E-state index in [1.54, 1.807) is 72.8 Å². The second kappa shape index (κ2) is 7.83. The van der Waals surface area contributed by atoms with Crippen molar-refractivity contribution < 1.29 is 18.4 Å². The van der Waals surface area contributed by atoms with Gasteiger partial charge in [-0.15, -0.1) is 0 Å². The van der Waals surface area contributed by atoms with Gasteiger partial charge in [-0.25, -0.2) is 4.79 Å². The Morgan fingerprint density at radius 2 is 1.50 bits per heavy atom. The van der Waals surface area contributed by atoms with Gasteiger partial charge in [0, 0.05) is 21.4 Å². The molecule has 0 saturated carbocycles. The van der Waals surface area contributed by atoms with Crippen LogP contribution in [-0.2, 0) is 0 Å². The van der Waals surface area contributed by atoms with Crippen molar-refractivity contribution in [2.24, 2.45) is 0 Å². The monoisotopic (exact) mass is 443 g/mol. The number of hydrogen-bond acceptors (Lipinski definition) is 5. The topological polar surface area (TPSA) is 89.5 Å². The molecule has 2 aromatic heterocycles. The van der Waals surface area contributed by atoms with Crippen LogP contribution >= 0.6 is 11.6 Å². The molecule has 0 aliphatic rings. The molecule has 1 N–H and O–H groups in total. The van der Waals surface area contributed by atoms with Crippen LogP contribution in [0.4, 0.5) is 5.69 Å². The van der Waals surface area contributed by atoms with Crippen LogP contribution < -0.4 is 10.9 Å². The fourth-order valence-corrected chi connectivity index (χ4v) is 3.59. The van der Waals surface area contributed by atoms with Gasteiger partial charge in [-0.2, -0.15) is 0 Å². The molecule has 156 valence electrons. The fraction of sp³-hybridized carbons (Fsp3) is 0. The highest BCUT2D eigenvalue weighted by molar-refractivity contribution is 6.30. The highest BCUT2D eigenvalue weighted by atomic mass is 35.5. The quantitative estimate of drug-likeness (QED) is 0.285. The highest BCUT2D eigenvalue weighted by Crippen LogP contribution is 2.33. The van der Waals surface area contributed by atoms with Gasteiger partial charge in [0.05, 0.1) is 5.69 Å². The van der Waals surface area contributed by atoms with Gasteiger partial charge in [0.25, 0.3) is 5.91 Å². The molecule has 0 aliphatic carbocycles. The van der Waals surface area contributed by atoms with Gasteiger partial charge in [-0.3, -0.25) is 9.59 Å². The van der Waals surface area contributed by atoms with Gasteiger partial charge in [0.2, 0.25) is 5.78 Å². The molecular formula is C25H14ClNO5. The number of hydrogen-bond donors (Lipinski definition) is 1. The number of benzene rings is 3. The van der Waals surface area contributed by atoms with Crippen molar-refractivity contribution in [3.05, 3.63) is 111 Å². The average molecular weight is 444 g/mol. The Balaban J connectivity index is 1.59. The largest absolute Gasteiger partial charge is 0.450 e. The van der Waals surface area contributed by atoms with E-state index in [4.69, 9.17) is 20.4 Å². The molecule has 0 unspecified atom stereocenters. The summed E-state index contributed by atoms with van der Waals surface area (Å²) in [4.78, 5) is 38.6. The molecule has 0 saturated heterocycles. The van der Waals surface area contributed by atoms with E-state index in [1.807, 2.05) is 0 Å². The Hall–Kier alpha value is -4.16. The van der Waals surface area contributed by atoms with Crippen molar-refractivity contribution in [2.75, 3.05) is 5.32 Å². The first kappa shape index (κ1) is 19.8. The molecule has 3 aromatic carbocycles. The number of amides is 1. The molecule has 32 heavy (non-hydrogen) atoms. The van der Waals surface area contributed by atoms with E-state index in [-0.39, 0.29) is 17.0 Å². The Morgan fingerprint density at radius 1 is 0.812 bits per heavy atom. The zero-order chi connectivity index (χ0) is 22.2. The van der Waals surface area contributed by atoms with Crippen LogP contribution in [0.25, 0.3) is 21.9 Å². The molecule has 2 heterocycles. The maximum atomic E-state index is 13.1. The minimum atomic E-state index is -0.778. The summed E-state index contributed by atoms with van der Waals surface area (Å²) < 4.78 is 11.0. The Labute approximate surface area is 186 Å². The van der Waals surface area contributed by atoms with Crippen molar-refractivity contribution >= 4 is 50.9 Å². The first-order chi connectivity index (χ1) is 15.5. The minimum absolute atomic E-state index is 0.0490. The molecule has 0 fully saturated rings. The van der Waals surface area contributed by atoms with Gasteiger partial charge in [0.1, 0.15) is 16.7 Å². The number of rotatable bonds is 4. The lowest BCUT2D eigenvalue weighted by molar-refractivity contribution is 0.101. The van der Waals surface area contributed by atoms with Crippen LogP contribution in [0.2, 0.25) is 5.02 Å². The summed E-state index contributed by atoms with van der Waals surface area (Å²) in [6.45, 7) is 0. The number of carbonyl (C=O) groups excluding carboxylic acids is 2. The van der Waals surface area contributed by atoms with Crippen LogP contribution in [0.5, 0.6) is 0 Å². The van der Waals surface area contributed by atoms with Gasteiger partial charge < -0.3 is 14.2 Å². The second-order valence-electron chi connectivity index (χ2n) is 7.08. The number of anilines is 1. The first-order valence-corrected chi connectivity index (χ1v) is 10.0. The van der Waals surface area contributed by atoms with Crippen LogP contribution in [0, 0.1) is 0 Å². The van der Waals surface area contributed by atoms with E-state index in [9.17, 15) is 14.4 Å². The van der Waals surface area contributed by atoms with Gasteiger partial charge in [0.15, 0.2) is 5.76 Å². The van der Waals surface area contributed by atoms with Crippen molar-refractivity contribution in [3.8, 4) is 0 Å². The lowest BCUT2D eigenvalue weighted by Crippen LogP contribution is -2.21. The average Bonchev–Trinajstić information content (AvgIpc) is 3.17. The lowest BCUT2D eigenvalue weighted by Gasteiger charge is -2.06. The normalized spacial score (nSPS) is 11.0. The molecule has 1 amide bonds. The summed E-state index contributed by atoms with van der Waals surface area (Å²) in [6, 6.07) is 21.6. The maximum absolute atomic E-state index is 13.1. The van der Waals surface area contributed by atoms with E-state index in [2.05, 4.69) is 5.32 Å². The molecular weight excluding hydrogens is 430 g/mol. The summed E-state index contributed by atoms with van der Waals surface area (Å²) in [5.74, 6) is -1.19. The zero-order valence-corrected chi connectivity index (χ0v) is 17.2. The number of fused-ring (bicyclic) bond motifs is 2. The fourth-order valence-electron chi connectivity index (χ4n) is 3.46. The third kappa shape index (κ3) is 3.46. The van der Waals surface area contributed by atoms with E-state index in [0.717, 1.165) is 0 Å². The third-order valence-electron chi connectivity index (χ3n) is 5.03. The SMILES string of the molecule is O=C(c1ccc(Cl)cc1)c1oc2ccccc2c1NC(=O)c1cc2ccccc2oc1=O. The molecule has 0 spiro atoms. The first-order valence-electron chi connectivity index (χ1n) is 9.67. The van der Waals surface area contributed by atoms with Gasteiger partial charge in [-0.05, 0) is 48.5 Å². The molecule has 7 heteroatoms. The minimum Gasteiger partial charge on any atom is -0.450 e. The van der Waals surface area contributed by atoms with E-state index >= 15 is 0 Å². The molecule has 6 nitrogen and oxygen atoms in total. The van der Waals surface area contributed by atoms with E-state index in [1.165, 1.54) is 6.07 Å². The Morgan fingerprint density at radius 3 is 2.28 bits per heavy atom. The summed E-state index contributed by atoms with van der Waals surface area (Å²) in [6.07, 6.45) is 0. The highest BCUT2D eigenvalue weighted by Gasteiger charge is 2.25. The summed E-state index contributed by atoms with van der Waals surface area (Å²) in [5.41, 5.74) is 0.359. The van der Waals surface area contributed by atoms with Gasteiger partial charge >= 0.3 is 5.63 Å². The molecule has 0 radical (unpaired) electrons. The summed E-state index contributed by atoms with van der Waals surface area (Å²) in [7, 11) is 0. The van der Waals surface area contributed by atoms with Crippen molar-refractivity contribution in [3.63, 3.8) is 0 Å². The molecule has 0 aliphatic heterocycles. The summed E-state index contributed by atoms with van der Waals surface area (Å²) in [5, 5.41) is 4.30. The van der Waals surface area contributed by atoms with Crippen molar-refractivity contribution in [2.45, 2.75) is 0 Å². The smallest absolute Gasteiger partial charge is 0.349 e. The van der Waals surface area contributed by atoms with Crippen molar-refractivity contribution in [1.29, 1.82) is 0 Å². The number of nitrogens with one attached hydrogen (secondary N) is 1. The maximum Gasteiger partial charge on any atom is 0.349 e. The second-order valence-corrected chi connectivity index (χ2v) is 7.51. The van der Waals surface area contributed by atoms with Crippen LogP contribution in [0.3, 0.4) is 0 Å². The Kier molecular flexibility index (Phi) is 4.84. The molecule has 5 rings (SSSR count). The third-order valence-corrected chi connectivity index (χ3v) is 5.28. The van der Waals surface area contributed by atoms with Crippen LogP contribution in [0.1, 0.15) is 26.5 Å². The lowest BCUT2D eigenvalue weighted by atomic mass is 10.1. The number of carbonyl (C=O) groups is 2. The van der Waals surface area contributed by atoms with Crippen LogP contribution in [-0.4, -0.2) is 11.7 Å². The number of furan rings is 1. The number of ketones is 1. The molecule has 0 bridgehead atoms. The molecule has 0 atom stereocenters. The Bertz CT molecular complexity index is 1560. The van der Waals surface area contributed by atoms with Crippen LogP contribution in [0.15, 0.2) is 92.5 Å². The predicted molar refractivity (Wildman–Crippen MR) is 122 cm³/mol. The zero-order valence-electron chi connectivity index (χ0n) is 16.4. The molecule has 5 aromatic rings. The predicted octanol–water partition coefficient (Wildman–Crippen LogP) is 5.68. The van der Waals surface area contributed by atoms with Crippen molar-refractivity contribution in [1.82, 2.24) is 0 Å². The van der Waals surface area contributed by atoms with Gasteiger partial charge in [-0.1, -0.05) is 41.9 Å². The van der Waals surface area contributed by atoms with E-state index in [0.29, 0.717) is 32.5 Å². The van der Waals surface area contributed by atoms with E-state index < -0.39 is 17.3 Å². The standard InChI is InChI=1S/C25H14ClNO5/c26-16-11-9-14(10-12-16)22(28)23-21(17-6-2-4-8-20(17)31-23)27-24(29)18-13-15-5-1-3-7-19(15)32-25(18)30/h1-13H,(H,27,29). The number of halogens is 1.